The number of ether oxygens (including phenoxy) is 1. The first kappa shape index (κ1) is 16.1. The molecule has 1 heterocycles. The number of carbonyl (C=O) groups excluding carboxylic acids is 1. The van der Waals surface area contributed by atoms with Crippen molar-refractivity contribution in [3.05, 3.63) is 29.8 Å². The summed E-state index contributed by atoms with van der Waals surface area (Å²) in [6.07, 6.45) is 0.0416. The fourth-order valence-corrected chi connectivity index (χ4v) is 4.25. The van der Waals surface area contributed by atoms with Crippen LogP contribution in [0.25, 0.3) is 0 Å². The maximum absolute atomic E-state index is 12.8. The van der Waals surface area contributed by atoms with E-state index in [0.717, 1.165) is 5.56 Å². The standard InChI is InChI=1S/C15H21NO4S/c1-4-13-10-20-15(9-12(3)17)16(13)21(18,19)14-7-5-11(2)6-8-14/h5-8,13,15H,4,9-10H2,1-3H3/t13-,15+/m1/s1. The Hall–Kier alpha value is -1.24. The lowest BCUT2D eigenvalue weighted by atomic mass is 10.2. The number of hydrogen-bond donors (Lipinski definition) is 0. The molecule has 2 atom stereocenters. The van der Waals surface area contributed by atoms with Gasteiger partial charge in [0.15, 0.2) is 0 Å². The van der Waals surface area contributed by atoms with Crippen molar-refractivity contribution in [3.63, 3.8) is 0 Å². The summed E-state index contributed by atoms with van der Waals surface area (Å²) in [7, 11) is -3.66. The molecule has 5 nitrogen and oxygen atoms in total. The molecule has 1 fully saturated rings. The van der Waals surface area contributed by atoms with Gasteiger partial charge >= 0.3 is 0 Å². The van der Waals surface area contributed by atoms with E-state index in [9.17, 15) is 13.2 Å². The molecule has 0 radical (unpaired) electrons. The molecule has 0 aromatic heterocycles. The van der Waals surface area contributed by atoms with Crippen LogP contribution >= 0.6 is 0 Å². The largest absolute Gasteiger partial charge is 0.360 e. The van der Waals surface area contributed by atoms with Crippen LogP contribution in [-0.4, -0.2) is 37.4 Å². The quantitative estimate of drug-likeness (QED) is 0.835. The van der Waals surface area contributed by atoms with Gasteiger partial charge in [0.1, 0.15) is 12.0 Å². The number of rotatable bonds is 5. The average molecular weight is 311 g/mol. The Morgan fingerprint density at radius 1 is 1.33 bits per heavy atom. The molecule has 21 heavy (non-hydrogen) atoms. The molecular weight excluding hydrogens is 290 g/mol. The van der Waals surface area contributed by atoms with E-state index in [2.05, 4.69) is 0 Å². The first-order valence-electron chi connectivity index (χ1n) is 7.07. The summed E-state index contributed by atoms with van der Waals surface area (Å²) in [6, 6.07) is 6.51. The number of ketones is 1. The fraction of sp³-hybridized carbons (Fsp3) is 0.533. The van der Waals surface area contributed by atoms with Crippen LogP contribution < -0.4 is 0 Å². The van der Waals surface area contributed by atoms with Gasteiger partial charge in [-0.3, -0.25) is 4.79 Å². The lowest BCUT2D eigenvalue weighted by Crippen LogP contribution is -2.42. The van der Waals surface area contributed by atoms with Crippen LogP contribution in [-0.2, 0) is 19.6 Å². The zero-order valence-electron chi connectivity index (χ0n) is 12.6. The van der Waals surface area contributed by atoms with Gasteiger partial charge in [-0.25, -0.2) is 8.42 Å². The molecule has 1 aliphatic heterocycles. The summed E-state index contributed by atoms with van der Waals surface area (Å²) < 4.78 is 32.6. The lowest BCUT2D eigenvalue weighted by Gasteiger charge is -2.26. The van der Waals surface area contributed by atoms with Crippen LogP contribution in [0.1, 0.15) is 32.3 Å². The zero-order chi connectivity index (χ0) is 15.6. The molecule has 0 N–H and O–H groups in total. The highest BCUT2D eigenvalue weighted by Gasteiger charge is 2.42. The van der Waals surface area contributed by atoms with Gasteiger partial charge in [-0.05, 0) is 32.4 Å². The molecular formula is C15H21NO4S. The van der Waals surface area contributed by atoms with Crippen LogP contribution in [0.4, 0.5) is 0 Å². The number of sulfonamides is 1. The first-order valence-corrected chi connectivity index (χ1v) is 8.51. The van der Waals surface area contributed by atoms with E-state index in [1.165, 1.54) is 11.2 Å². The van der Waals surface area contributed by atoms with Gasteiger partial charge in [0.25, 0.3) is 0 Å². The summed E-state index contributed by atoms with van der Waals surface area (Å²) >= 11 is 0. The topological polar surface area (TPSA) is 63.7 Å². The Kier molecular flexibility index (Phi) is 4.81. The lowest BCUT2D eigenvalue weighted by molar-refractivity contribution is -0.120. The minimum Gasteiger partial charge on any atom is -0.360 e. The molecule has 0 amide bonds. The zero-order valence-corrected chi connectivity index (χ0v) is 13.4. The molecule has 2 rings (SSSR count). The normalized spacial score (nSPS) is 23.4. The molecule has 0 aliphatic carbocycles. The van der Waals surface area contributed by atoms with Crippen molar-refractivity contribution in [2.75, 3.05) is 6.61 Å². The first-order chi connectivity index (χ1) is 9.86. The highest BCUT2D eigenvalue weighted by atomic mass is 32.2. The Balaban J connectivity index is 2.38. The van der Waals surface area contributed by atoms with Crippen molar-refractivity contribution >= 4 is 15.8 Å². The molecule has 0 saturated carbocycles. The summed E-state index contributed by atoms with van der Waals surface area (Å²) in [4.78, 5) is 11.6. The summed E-state index contributed by atoms with van der Waals surface area (Å²) in [5.41, 5.74) is 0.999. The highest BCUT2D eigenvalue weighted by molar-refractivity contribution is 7.89. The number of carbonyl (C=O) groups is 1. The predicted molar refractivity (Wildman–Crippen MR) is 79.3 cm³/mol. The van der Waals surface area contributed by atoms with Gasteiger partial charge in [-0.1, -0.05) is 24.6 Å². The second-order valence-corrected chi connectivity index (χ2v) is 7.25. The molecule has 6 heteroatoms. The number of Topliss-reactive ketones (excluding diaryl/α,β-unsaturated/α-hetero) is 1. The predicted octanol–water partition coefficient (Wildman–Crippen LogP) is 2.10. The fourth-order valence-electron chi connectivity index (χ4n) is 2.48. The van der Waals surface area contributed by atoms with Gasteiger partial charge in [-0.15, -0.1) is 0 Å². The Bertz CT molecular complexity index is 609. The van der Waals surface area contributed by atoms with Crippen LogP contribution in [0, 0.1) is 6.92 Å². The maximum atomic E-state index is 12.8. The van der Waals surface area contributed by atoms with E-state index in [1.807, 2.05) is 13.8 Å². The highest BCUT2D eigenvalue weighted by Crippen LogP contribution is 2.29. The third kappa shape index (κ3) is 3.33. The molecule has 0 unspecified atom stereocenters. The van der Waals surface area contributed by atoms with Gasteiger partial charge < -0.3 is 4.74 Å². The number of hydrogen-bond acceptors (Lipinski definition) is 4. The van der Waals surface area contributed by atoms with Gasteiger partial charge in [0.2, 0.25) is 10.0 Å². The molecule has 116 valence electrons. The summed E-state index contributed by atoms with van der Waals surface area (Å²) in [5.74, 6) is -0.0825. The van der Waals surface area contributed by atoms with Crippen LogP contribution in [0.5, 0.6) is 0 Å². The summed E-state index contributed by atoms with van der Waals surface area (Å²) in [6.45, 7) is 5.60. The average Bonchev–Trinajstić information content (AvgIpc) is 2.82. The number of aryl methyl sites for hydroxylation is 1. The Morgan fingerprint density at radius 2 is 1.95 bits per heavy atom. The van der Waals surface area contributed by atoms with Crippen molar-refractivity contribution in [2.24, 2.45) is 0 Å². The minimum atomic E-state index is -3.66. The van der Waals surface area contributed by atoms with Gasteiger partial charge in [0.05, 0.1) is 17.5 Å². The smallest absolute Gasteiger partial charge is 0.245 e. The number of nitrogens with zero attached hydrogens (tertiary/aromatic N) is 1. The van der Waals surface area contributed by atoms with Gasteiger partial charge in [-0.2, -0.15) is 4.31 Å². The summed E-state index contributed by atoms with van der Waals surface area (Å²) in [5, 5.41) is 0. The van der Waals surface area contributed by atoms with Crippen LogP contribution in [0.2, 0.25) is 0 Å². The van der Waals surface area contributed by atoms with Crippen molar-refractivity contribution in [1.82, 2.24) is 4.31 Å². The molecule has 1 saturated heterocycles. The molecule has 1 aromatic carbocycles. The molecule has 1 aromatic rings. The second-order valence-electron chi connectivity index (χ2n) is 5.40. The molecule has 0 bridgehead atoms. The van der Waals surface area contributed by atoms with Crippen molar-refractivity contribution in [3.8, 4) is 0 Å². The van der Waals surface area contributed by atoms with Crippen molar-refractivity contribution in [1.29, 1.82) is 0 Å². The minimum absolute atomic E-state index is 0.0825. The Morgan fingerprint density at radius 3 is 2.48 bits per heavy atom. The van der Waals surface area contributed by atoms with Crippen molar-refractivity contribution < 1.29 is 17.9 Å². The second kappa shape index (κ2) is 6.25. The van der Waals surface area contributed by atoms with E-state index in [4.69, 9.17) is 4.74 Å². The third-order valence-electron chi connectivity index (χ3n) is 3.65. The van der Waals surface area contributed by atoms with E-state index >= 15 is 0 Å². The van der Waals surface area contributed by atoms with E-state index in [1.54, 1.807) is 24.3 Å². The SMILES string of the molecule is CC[C@@H]1CO[C@@H](CC(C)=O)N1S(=O)(=O)c1ccc(C)cc1. The van der Waals surface area contributed by atoms with E-state index in [-0.39, 0.29) is 23.1 Å². The number of benzene rings is 1. The van der Waals surface area contributed by atoms with E-state index < -0.39 is 16.3 Å². The van der Waals surface area contributed by atoms with Crippen LogP contribution in [0.15, 0.2) is 29.2 Å². The van der Waals surface area contributed by atoms with Gasteiger partial charge in [0, 0.05) is 6.42 Å². The van der Waals surface area contributed by atoms with Crippen LogP contribution in [0.3, 0.4) is 0 Å². The molecule has 1 aliphatic rings. The van der Waals surface area contributed by atoms with Crippen molar-refractivity contribution in [2.45, 2.75) is 50.8 Å². The maximum Gasteiger partial charge on any atom is 0.245 e. The monoisotopic (exact) mass is 311 g/mol. The van der Waals surface area contributed by atoms with E-state index in [0.29, 0.717) is 13.0 Å². The Labute approximate surface area is 126 Å². The third-order valence-corrected chi connectivity index (χ3v) is 5.61. The molecule has 0 spiro atoms.